The molecule has 106 valence electrons. The quantitative estimate of drug-likeness (QED) is 0.855. The first kappa shape index (κ1) is 13.9. The van der Waals surface area contributed by atoms with Gasteiger partial charge < -0.3 is 20.1 Å². The number of anilines is 2. The number of nitrogens with two attached hydrogens (primary N) is 1. The zero-order chi connectivity index (χ0) is 14.0. The maximum absolute atomic E-state index is 13.7. The Labute approximate surface area is 113 Å². The molecule has 0 aromatic heterocycles. The van der Waals surface area contributed by atoms with Crippen LogP contribution in [0.25, 0.3) is 0 Å². The second-order valence-corrected chi connectivity index (χ2v) is 4.94. The van der Waals surface area contributed by atoms with Gasteiger partial charge in [0.2, 0.25) is 0 Å². The van der Waals surface area contributed by atoms with Crippen molar-refractivity contribution < 1.29 is 13.9 Å². The lowest BCUT2D eigenvalue weighted by Crippen LogP contribution is -2.45. The third kappa shape index (κ3) is 3.10. The van der Waals surface area contributed by atoms with E-state index >= 15 is 0 Å². The lowest BCUT2D eigenvalue weighted by Gasteiger charge is -2.37. The predicted molar refractivity (Wildman–Crippen MR) is 74.2 cm³/mol. The Morgan fingerprint density at radius 1 is 1.37 bits per heavy atom. The Morgan fingerprint density at radius 2 is 2.00 bits per heavy atom. The standard InChI is InChI=1S/C14H21FN2O2/c1-4-18-14-6-13(12(16)5-11(14)15)17-7-9(2)19-10(3)8-17/h5-6,9-10H,4,7-8,16H2,1-3H3/t9-,10+. The summed E-state index contributed by atoms with van der Waals surface area (Å²) >= 11 is 0. The summed E-state index contributed by atoms with van der Waals surface area (Å²) < 4.78 is 24.7. The molecule has 0 radical (unpaired) electrons. The number of nitrogens with zero attached hydrogens (tertiary/aromatic N) is 1. The van der Waals surface area contributed by atoms with Gasteiger partial charge in [-0.3, -0.25) is 0 Å². The van der Waals surface area contributed by atoms with Crippen LogP contribution < -0.4 is 15.4 Å². The Morgan fingerprint density at radius 3 is 2.58 bits per heavy atom. The van der Waals surface area contributed by atoms with Crippen molar-refractivity contribution in [2.24, 2.45) is 0 Å². The van der Waals surface area contributed by atoms with Crippen molar-refractivity contribution in [3.05, 3.63) is 17.9 Å². The first-order valence-corrected chi connectivity index (χ1v) is 6.63. The molecule has 0 unspecified atom stereocenters. The van der Waals surface area contributed by atoms with E-state index < -0.39 is 5.82 Å². The summed E-state index contributed by atoms with van der Waals surface area (Å²) in [6.45, 7) is 7.78. The first-order chi connectivity index (χ1) is 9.01. The van der Waals surface area contributed by atoms with E-state index in [0.29, 0.717) is 12.3 Å². The highest BCUT2D eigenvalue weighted by Crippen LogP contribution is 2.32. The lowest BCUT2D eigenvalue weighted by atomic mass is 10.1. The molecule has 1 aliphatic heterocycles. The second kappa shape index (κ2) is 5.65. The zero-order valence-corrected chi connectivity index (χ0v) is 11.6. The van der Waals surface area contributed by atoms with Crippen molar-refractivity contribution in [2.75, 3.05) is 30.3 Å². The molecule has 19 heavy (non-hydrogen) atoms. The van der Waals surface area contributed by atoms with Crippen LogP contribution >= 0.6 is 0 Å². The average molecular weight is 268 g/mol. The van der Waals surface area contributed by atoms with Gasteiger partial charge in [-0.1, -0.05) is 0 Å². The zero-order valence-electron chi connectivity index (χ0n) is 11.6. The molecule has 4 nitrogen and oxygen atoms in total. The maximum Gasteiger partial charge on any atom is 0.167 e. The number of halogens is 1. The molecule has 2 N–H and O–H groups in total. The highest BCUT2D eigenvalue weighted by molar-refractivity contribution is 5.70. The lowest BCUT2D eigenvalue weighted by molar-refractivity contribution is -0.00518. The van der Waals surface area contributed by atoms with Crippen LogP contribution in [0.5, 0.6) is 5.75 Å². The fourth-order valence-electron chi connectivity index (χ4n) is 2.47. The van der Waals surface area contributed by atoms with Crippen molar-refractivity contribution in [1.29, 1.82) is 0 Å². The van der Waals surface area contributed by atoms with E-state index in [9.17, 15) is 4.39 Å². The second-order valence-electron chi connectivity index (χ2n) is 4.94. The number of hydrogen-bond acceptors (Lipinski definition) is 4. The summed E-state index contributed by atoms with van der Waals surface area (Å²) in [6, 6.07) is 3.00. The van der Waals surface area contributed by atoms with Gasteiger partial charge in [-0.25, -0.2) is 4.39 Å². The Bertz CT molecular complexity index is 443. The third-order valence-electron chi connectivity index (χ3n) is 3.14. The van der Waals surface area contributed by atoms with E-state index in [-0.39, 0.29) is 18.0 Å². The van der Waals surface area contributed by atoms with Gasteiger partial charge in [0.05, 0.1) is 30.2 Å². The number of hydrogen-bond donors (Lipinski definition) is 1. The third-order valence-corrected chi connectivity index (χ3v) is 3.14. The van der Waals surface area contributed by atoms with Gasteiger partial charge in [-0.15, -0.1) is 0 Å². The molecule has 1 aliphatic rings. The molecular formula is C14H21FN2O2. The predicted octanol–water partition coefficient (Wildman–Crippen LogP) is 2.42. The summed E-state index contributed by atoms with van der Waals surface area (Å²) in [5, 5.41) is 0. The van der Waals surface area contributed by atoms with Gasteiger partial charge in [0.15, 0.2) is 11.6 Å². The number of nitrogen functional groups attached to an aromatic ring is 1. The van der Waals surface area contributed by atoms with E-state index in [1.165, 1.54) is 6.07 Å². The molecule has 5 heteroatoms. The van der Waals surface area contributed by atoms with Crippen LogP contribution in [0.3, 0.4) is 0 Å². The van der Waals surface area contributed by atoms with Gasteiger partial charge in [-0.2, -0.15) is 0 Å². The molecular weight excluding hydrogens is 247 g/mol. The molecule has 0 aliphatic carbocycles. The molecule has 1 aromatic carbocycles. The first-order valence-electron chi connectivity index (χ1n) is 6.63. The topological polar surface area (TPSA) is 47.7 Å². The van der Waals surface area contributed by atoms with Gasteiger partial charge >= 0.3 is 0 Å². The van der Waals surface area contributed by atoms with Gasteiger partial charge in [0.1, 0.15) is 0 Å². The van der Waals surface area contributed by atoms with E-state index in [1.807, 2.05) is 20.8 Å². The minimum Gasteiger partial charge on any atom is -0.491 e. The van der Waals surface area contributed by atoms with Crippen LogP contribution in [0.4, 0.5) is 15.8 Å². The Balaban J connectivity index is 2.30. The van der Waals surface area contributed by atoms with Gasteiger partial charge in [0.25, 0.3) is 0 Å². The van der Waals surface area contributed by atoms with Gasteiger partial charge in [0, 0.05) is 25.2 Å². The maximum atomic E-state index is 13.7. The van der Waals surface area contributed by atoms with Crippen molar-refractivity contribution in [3.63, 3.8) is 0 Å². The number of morpholine rings is 1. The average Bonchev–Trinajstić information content (AvgIpc) is 2.31. The van der Waals surface area contributed by atoms with Crippen LogP contribution in [-0.2, 0) is 4.74 Å². The molecule has 0 bridgehead atoms. The fourth-order valence-corrected chi connectivity index (χ4v) is 2.47. The minimum atomic E-state index is -0.419. The summed E-state index contributed by atoms with van der Waals surface area (Å²) in [7, 11) is 0. The molecule has 1 saturated heterocycles. The van der Waals surface area contributed by atoms with Crippen molar-refractivity contribution in [2.45, 2.75) is 33.0 Å². The highest BCUT2D eigenvalue weighted by atomic mass is 19.1. The van der Waals surface area contributed by atoms with Crippen LogP contribution in [-0.4, -0.2) is 31.9 Å². The molecule has 1 aromatic rings. The van der Waals surface area contributed by atoms with Crippen molar-refractivity contribution >= 4 is 11.4 Å². The van der Waals surface area contributed by atoms with E-state index in [2.05, 4.69) is 4.90 Å². The van der Waals surface area contributed by atoms with Crippen molar-refractivity contribution in [3.8, 4) is 5.75 Å². The summed E-state index contributed by atoms with van der Waals surface area (Å²) in [5.41, 5.74) is 7.17. The van der Waals surface area contributed by atoms with Crippen LogP contribution in [0.1, 0.15) is 20.8 Å². The monoisotopic (exact) mass is 268 g/mol. The van der Waals surface area contributed by atoms with E-state index in [1.54, 1.807) is 6.07 Å². The number of ether oxygens (including phenoxy) is 2. The van der Waals surface area contributed by atoms with E-state index in [4.69, 9.17) is 15.2 Å². The molecule has 2 atom stereocenters. The highest BCUT2D eigenvalue weighted by Gasteiger charge is 2.24. The van der Waals surface area contributed by atoms with Crippen molar-refractivity contribution in [1.82, 2.24) is 0 Å². The van der Waals surface area contributed by atoms with Gasteiger partial charge in [-0.05, 0) is 20.8 Å². The summed E-state index contributed by atoms with van der Waals surface area (Å²) in [6.07, 6.45) is 0.257. The fraction of sp³-hybridized carbons (Fsp3) is 0.571. The smallest absolute Gasteiger partial charge is 0.167 e. The number of benzene rings is 1. The van der Waals surface area contributed by atoms with Crippen LogP contribution in [0.2, 0.25) is 0 Å². The number of rotatable bonds is 3. The van der Waals surface area contributed by atoms with Crippen LogP contribution in [0.15, 0.2) is 12.1 Å². The molecule has 2 rings (SSSR count). The molecule has 0 spiro atoms. The summed E-state index contributed by atoms with van der Waals surface area (Å²) in [4.78, 5) is 2.12. The SMILES string of the molecule is CCOc1cc(N2C[C@@H](C)O[C@@H](C)C2)c(N)cc1F. The normalized spacial score (nSPS) is 23.5. The molecule has 0 saturated carbocycles. The molecule has 1 heterocycles. The summed E-state index contributed by atoms with van der Waals surface area (Å²) in [5.74, 6) is -0.170. The van der Waals surface area contributed by atoms with Crippen LogP contribution in [0, 0.1) is 5.82 Å². The molecule has 1 fully saturated rings. The van der Waals surface area contributed by atoms with E-state index in [0.717, 1.165) is 18.8 Å². The Hall–Kier alpha value is -1.49. The Kier molecular flexibility index (Phi) is 4.14. The molecule has 0 amide bonds. The largest absolute Gasteiger partial charge is 0.491 e. The minimum absolute atomic E-state index is 0.128.